The van der Waals surface area contributed by atoms with E-state index in [-0.39, 0.29) is 12.1 Å². The minimum atomic E-state index is -0.311. The molecule has 0 amide bonds. The molecule has 0 N–H and O–H groups in total. The lowest BCUT2D eigenvalue weighted by Crippen LogP contribution is -2.09. The van der Waals surface area contributed by atoms with Crippen LogP contribution in [0.15, 0.2) is 72.8 Å². The number of hydrogen-bond acceptors (Lipinski definition) is 3. The van der Waals surface area contributed by atoms with Crippen LogP contribution in [-0.2, 0) is 11.2 Å². The third-order valence-electron chi connectivity index (χ3n) is 7.91. The van der Waals surface area contributed by atoms with E-state index in [9.17, 15) is 4.79 Å². The summed E-state index contributed by atoms with van der Waals surface area (Å²) in [5, 5.41) is 0. The van der Waals surface area contributed by atoms with Gasteiger partial charge in [-0.3, -0.25) is 0 Å². The Balaban J connectivity index is 1.38. The number of aryl methyl sites for hydroxylation is 1. The highest BCUT2D eigenvalue weighted by Crippen LogP contribution is 2.25. The Labute approximate surface area is 243 Å². The van der Waals surface area contributed by atoms with E-state index in [1.165, 1.54) is 77.0 Å². The summed E-state index contributed by atoms with van der Waals surface area (Å²) >= 11 is 0. The highest BCUT2D eigenvalue weighted by molar-refractivity contribution is 5.91. The number of benzene rings is 3. The molecule has 3 nitrogen and oxygen atoms in total. The molecule has 0 spiro atoms. The van der Waals surface area contributed by atoms with Gasteiger partial charge in [0, 0.05) is 7.11 Å². The summed E-state index contributed by atoms with van der Waals surface area (Å²) in [5.74, 6) is 0.368. The molecule has 0 saturated carbocycles. The molecule has 1 unspecified atom stereocenters. The number of rotatable bonds is 19. The van der Waals surface area contributed by atoms with E-state index in [1.54, 1.807) is 7.11 Å². The quantitative estimate of drug-likeness (QED) is 0.0858. The van der Waals surface area contributed by atoms with Crippen LogP contribution in [0.2, 0.25) is 0 Å². The lowest BCUT2D eigenvalue weighted by Gasteiger charge is -2.11. The molecular weight excluding hydrogens is 492 g/mol. The Kier molecular flexibility index (Phi) is 14.6. The van der Waals surface area contributed by atoms with E-state index in [0.717, 1.165) is 35.1 Å². The monoisotopic (exact) mass is 542 g/mol. The van der Waals surface area contributed by atoms with Gasteiger partial charge < -0.3 is 9.47 Å². The average Bonchev–Trinajstić information content (AvgIpc) is 3.00. The van der Waals surface area contributed by atoms with Gasteiger partial charge in [0.15, 0.2) is 0 Å². The fourth-order valence-corrected chi connectivity index (χ4v) is 5.18. The van der Waals surface area contributed by atoms with Crippen LogP contribution in [0, 0.1) is 0 Å². The minimum absolute atomic E-state index is 0.0682. The van der Waals surface area contributed by atoms with Gasteiger partial charge in [-0.1, -0.05) is 139 Å². The van der Waals surface area contributed by atoms with Crippen molar-refractivity contribution in [1.29, 1.82) is 0 Å². The molecule has 0 aliphatic rings. The molecule has 0 radical (unpaired) electrons. The second-order valence-corrected chi connectivity index (χ2v) is 11.1. The molecule has 0 fully saturated rings. The fraction of sp³-hybridized carbons (Fsp3) is 0.486. The minimum Gasteiger partial charge on any atom is -0.423 e. The number of hydrogen-bond donors (Lipinski definition) is 0. The lowest BCUT2D eigenvalue weighted by molar-refractivity contribution is 0.0733. The Morgan fingerprint density at radius 3 is 1.70 bits per heavy atom. The Morgan fingerprint density at radius 2 is 1.15 bits per heavy atom. The zero-order chi connectivity index (χ0) is 28.4. The van der Waals surface area contributed by atoms with Crippen LogP contribution >= 0.6 is 0 Å². The van der Waals surface area contributed by atoms with Crippen LogP contribution in [0.5, 0.6) is 5.75 Å². The van der Waals surface area contributed by atoms with Crippen molar-refractivity contribution >= 4 is 5.97 Å². The largest absolute Gasteiger partial charge is 0.423 e. The Morgan fingerprint density at radius 1 is 0.650 bits per heavy atom. The first kappa shape index (κ1) is 31.6. The molecule has 1 atom stereocenters. The predicted molar refractivity (Wildman–Crippen MR) is 168 cm³/mol. The molecule has 0 bridgehead atoms. The first-order valence-electron chi connectivity index (χ1n) is 15.7. The molecule has 0 aliphatic carbocycles. The van der Waals surface area contributed by atoms with Gasteiger partial charge >= 0.3 is 5.97 Å². The van der Waals surface area contributed by atoms with Crippen molar-refractivity contribution in [2.45, 2.75) is 110 Å². The van der Waals surface area contributed by atoms with Crippen LogP contribution in [0.3, 0.4) is 0 Å². The maximum Gasteiger partial charge on any atom is 0.343 e. The van der Waals surface area contributed by atoms with E-state index in [4.69, 9.17) is 9.47 Å². The second-order valence-electron chi connectivity index (χ2n) is 11.1. The predicted octanol–water partition coefficient (Wildman–Crippen LogP) is 10.9. The van der Waals surface area contributed by atoms with Crippen LogP contribution < -0.4 is 4.74 Å². The highest BCUT2D eigenvalue weighted by Gasteiger charge is 2.12. The summed E-state index contributed by atoms with van der Waals surface area (Å²) in [6.45, 7) is 4.31. The summed E-state index contributed by atoms with van der Waals surface area (Å²) in [6.07, 6.45) is 18.5. The number of unbranched alkanes of at least 4 members (excludes halogenated alkanes) is 12. The van der Waals surface area contributed by atoms with Crippen molar-refractivity contribution in [1.82, 2.24) is 0 Å². The van der Waals surface area contributed by atoms with Gasteiger partial charge in [0.2, 0.25) is 0 Å². The van der Waals surface area contributed by atoms with Gasteiger partial charge in [0.1, 0.15) is 5.75 Å². The summed E-state index contributed by atoms with van der Waals surface area (Å²) in [6, 6.07) is 23.9. The van der Waals surface area contributed by atoms with Gasteiger partial charge in [0.05, 0.1) is 11.7 Å². The van der Waals surface area contributed by atoms with Crippen LogP contribution in [0.4, 0.5) is 0 Å². The third kappa shape index (κ3) is 10.9. The summed E-state index contributed by atoms with van der Waals surface area (Å²) < 4.78 is 11.2. The topological polar surface area (TPSA) is 35.5 Å². The second kappa shape index (κ2) is 18.4. The van der Waals surface area contributed by atoms with Gasteiger partial charge in [0.25, 0.3) is 0 Å². The van der Waals surface area contributed by atoms with Crippen molar-refractivity contribution in [2.75, 3.05) is 7.11 Å². The van der Waals surface area contributed by atoms with Gasteiger partial charge in [-0.2, -0.15) is 0 Å². The van der Waals surface area contributed by atoms with Gasteiger partial charge in [-0.25, -0.2) is 4.79 Å². The summed E-state index contributed by atoms with van der Waals surface area (Å²) in [4.78, 5) is 12.9. The van der Waals surface area contributed by atoms with E-state index < -0.39 is 0 Å². The van der Waals surface area contributed by atoms with Crippen molar-refractivity contribution < 1.29 is 14.3 Å². The molecule has 0 aliphatic heterocycles. The zero-order valence-electron chi connectivity index (χ0n) is 25.1. The van der Waals surface area contributed by atoms with Crippen LogP contribution in [-0.4, -0.2) is 13.1 Å². The van der Waals surface area contributed by atoms with Crippen molar-refractivity contribution in [3.63, 3.8) is 0 Å². The fourth-order valence-electron chi connectivity index (χ4n) is 5.18. The number of esters is 1. The molecule has 0 aromatic heterocycles. The first-order valence-corrected chi connectivity index (χ1v) is 15.7. The molecule has 3 rings (SSSR count). The molecule has 3 aromatic rings. The van der Waals surface area contributed by atoms with E-state index in [2.05, 4.69) is 37.3 Å². The average molecular weight is 543 g/mol. The number of carbonyl (C=O) groups is 1. The molecule has 3 aromatic carbocycles. The highest BCUT2D eigenvalue weighted by atomic mass is 16.5. The van der Waals surface area contributed by atoms with E-state index in [0.29, 0.717) is 11.3 Å². The molecule has 40 heavy (non-hydrogen) atoms. The van der Waals surface area contributed by atoms with E-state index >= 15 is 0 Å². The maximum absolute atomic E-state index is 12.9. The van der Waals surface area contributed by atoms with Crippen molar-refractivity contribution in [3.05, 3.63) is 89.5 Å². The van der Waals surface area contributed by atoms with E-state index in [1.807, 2.05) is 49.4 Å². The normalized spacial score (nSPS) is 11.9. The summed E-state index contributed by atoms with van der Waals surface area (Å²) in [5.41, 5.74) is 4.99. The lowest BCUT2D eigenvalue weighted by atomic mass is 10.0. The molecular formula is C37H50O3. The first-order chi connectivity index (χ1) is 19.6. The molecule has 3 heteroatoms. The maximum atomic E-state index is 12.9. The third-order valence-corrected chi connectivity index (χ3v) is 7.91. The molecule has 216 valence electrons. The van der Waals surface area contributed by atoms with Crippen molar-refractivity contribution in [2.24, 2.45) is 0 Å². The smallest absolute Gasteiger partial charge is 0.343 e. The number of ether oxygens (including phenoxy) is 2. The Bertz CT molecular complexity index is 1100. The Hall–Kier alpha value is -2.91. The number of para-hydroxylation sites is 1. The number of carbonyl (C=O) groups excluding carboxylic acids is 1. The standard InChI is InChI=1S/C37H50O3/c1-4-5-6-7-8-9-10-11-12-13-14-15-16-19-34-20-17-18-21-36(34)40-37(38)35-28-26-33(27-29-35)32-24-22-31(23-25-32)30(2)39-3/h17-18,20-30H,4-16,19H2,1-3H3. The van der Waals surface area contributed by atoms with Crippen molar-refractivity contribution in [3.8, 4) is 16.9 Å². The number of methoxy groups -OCH3 is 1. The van der Waals surface area contributed by atoms with Crippen LogP contribution in [0.25, 0.3) is 11.1 Å². The van der Waals surface area contributed by atoms with Gasteiger partial charge in [-0.05, 0) is 60.2 Å². The zero-order valence-corrected chi connectivity index (χ0v) is 25.1. The molecule has 0 saturated heterocycles. The van der Waals surface area contributed by atoms with Crippen LogP contribution in [0.1, 0.15) is 125 Å². The van der Waals surface area contributed by atoms with Gasteiger partial charge in [-0.15, -0.1) is 0 Å². The summed E-state index contributed by atoms with van der Waals surface area (Å²) in [7, 11) is 1.72. The SMILES string of the molecule is CCCCCCCCCCCCCCCc1ccccc1OC(=O)c1ccc(-c2ccc(C(C)OC)cc2)cc1. The molecule has 0 heterocycles.